The van der Waals surface area contributed by atoms with Crippen molar-refractivity contribution in [3.63, 3.8) is 0 Å². The van der Waals surface area contributed by atoms with Gasteiger partial charge >= 0.3 is 0 Å². The number of benzene rings is 1. The average Bonchev–Trinajstić information content (AvgIpc) is 3.20. The topological polar surface area (TPSA) is 70.7 Å². The molecule has 1 fully saturated rings. The first-order chi connectivity index (χ1) is 14.1. The Labute approximate surface area is 176 Å². The highest BCUT2D eigenvalue weighted by Gasteiger charge is 2.23. The summed E-state index contributed by atoms with van der Waals surface area (Å²) in [6.45, 7) is 4.50. The maximum atomic E-state index is 12.3. The molecule has 6 nitrogen and oxygen atoms in total. The number of amides is 2. The van der Waals surface area contributed by atoms with Gasteiger partial charge in [-0.3, -0.25) is 14.5 Å². The second-order valence-electron chi connectivity index (χ2n) is 7.28. The van der Waals surface area contributed by atoms with Crippen molar-refractivity contribution in [2.75, 3.05) is 33.3 Å². The number of methoxy groups -OCH3 is 1. The fourth-order valence-electron chi connectivity index (χ4n) is 3.59. The molecule has 1 aromatic heterocycles. The summed E-state index contributed by atoms with van der Waals surface area (Å²) < 4.78 is 5.26. The van der Waals surface area contributed by atoms with E-state index in [0.29, 0.717) is 11.4 Å². The van der Waals surface area contributed by atoms with Crippen LogP contribution >= 0.6 is 11.3 Å². The molecule has 1 aliphatic heterocycles. The van der Waals surface area contributed by atoms with Crippen LogP contribution in [0, 0.1) is 6.92 Å². The van der Waals surface area contributed by atoms with E-state index in [0.717, 1.165) is 29.3 Å². The third kappa shape index (κ3) is 6.05. The molecule has 1 saturated heterocycles. The zero-order valence-corrected chi connectivity index (χ0v) is 17.9. The Morgan fingerprint density at radius 2 is 1.79 bits per heavy atom. The van der Waals surface area contributed by atoms with Gasteiger partial charge in [-0.15, -0.1) is 11.3 Å². The Kier molecular flexibility index (Phi) is 7.66. The average molecular weight is 416 g/mol. The monoisotopic (exact) mass is 415 g/mol. The highest BCUT2D eigenvalue weighted by atomic mass is 32.1. The van der Waals surface area contributed by atoms with Gasteiger partial charge in [-0.05, 0) is 62.7 Å². The minimum Gasteiger partial charge on any atom is -0.497 e. The van der Waals surface area contributed by atoms with E-state index >= 15 is 0 Å². The van der Waals surface area contributed by atoms with Gasteiger partial charge in [0.2, 0.25) is 5.91 Å². The first-order valence-corrected chi connectivity index (χ1v) is 10.9. The number of nitrogens with zero attached hydrogens (tertiary/aromatic N) is 1. The zero-order chi connectivity index (χ0) is 20.6. The van der Waals surface area contributed by atoms with E-state index in [4.69, 9.17) is 4.74 Å². The number of likely N-dealkylation sites (tertiary alicyclic amines) is 1. The molecular formula is C22H29N3O3S. The number of rotatable bonds is 8. The number of carbonyl (C=O) groups excluding carboxylic acids is 2. The second-order valence-corrected chi connectivity index (χ2v) is 8.57. The first kappa shape index (κ1) is 21.3. The second kappa shape index (κ2) is 10.4. The number of ether oxygens (including phenoxy) is 1. The summed E-state index contributed by atoms with van der Waals surface area (Å²) in [5, 5.41) is 5.70. The Morgan fingerprint density at radius 3 is 2.41 bits per heavy atom. The first-order valence-electron chi connectivity index (χ1n) is 10.1. The summed E-state index contributed by atoms with van der Waals surface area (Å²) in [5.74, 6) is 0.435. The van der Waals surface area contributed by atoms with Crippen molar-refractivity contribution in [2.45, 2.75) is 32.2 Å². The van der Waals surface area contributed by atoms with Crippen LogP contribution in [0.4, 0.5) is 0 Å². The van der Waals surface area contributed by atoms with Gasteiger partial charge in [-0.25, -0.2) is 0 Å². The lowest BCUT2D eigenvalue weighted by Gasteiger charge is -2.35. The minimum atomic E-state index is -0.207. The molecule has 0 saturated carbocycles. The fraction of sp³-hybridized carbons (Fsp3) is 0.455. The van der Waals surface area contributed by atoms with Crippen molar-refractivity contribution in [3.8, 4) is 5.75 Å². The zero-order valence-electron chi connectivity index (χ0n) is 17.1. The third-order valence-corrected chi connectivity index (χ3v) is 6.20. The van der Waals surface area contributed by atoms with E-state index < -0.39 is 0 Å². The van der Waals surface area contributed by atoms with Crippen LogP contribution < -0.4 is 15.4 Å². The highest BCUT2D eigenvalue weighted by Crippen LogP contribution is 2.25. The van der Waals surface area contributed by atoms with E-state index in [2.05, 4.69) is 27.7 Å². The van der Waals surface area contributed by atoms with Gasteiger partial charge in [0.05, 0.1) is 24.6 Å². The molecular weight excluding hydrogens is 386 g/mol. The standard InChI is InChI=1S/C22H29N3O3S/c1-16-6-11-20(29-16)22(27)24-15-21(26)23-14-19(25-12-4-3-5-13-25)17-7-9-18(28-2)10-8-17/h6-11,19H,3-5,12-15H2,1-2H3,(H,23,26)(H,24,27). The Balaban J connectivity index is 1.56. The maximum Gasteiger partial charge on any atom is 0.261 e. The Morgan fingerprint density at radius 1 is 1.07 bits per heavy atom. The Bertz CT molecular complexity index is 813. The van der Waals surface area contributed by atoms with Crippen molar-refractivity contribution in [1.29, 1.82) is 0 Å². The van der Waals surface area contributed by atoms with Gasteiger partial charge in [0.1, 0.15) is 5.75 Å². The molecule has 2 heterocycles. The van der Waals surface area contributed by atoms with Gasteiger partial charge in [0.25, 0.3) is 5.91 Å². The van der Waals surface area contributed by atoms with Crippen molar-refractivity contribution >= 4 is 23.2 Å². The van der Waals surface area contributed by atoms with Crippen LogP contribution in [0.25, 0.3) is 0 Å². The van der Waals surface area contributed by atoms with Crippen LogP contribution in [0.1, 0.15) is 45.4 Å². The van der Waals surface area contributed by atoms with Gasteiger partial charge in [-0.1, -0.05) is 18.6 Å². The summed E-state index contributed by atoms with van der Waals surface area (Å²) in [6.07, 6.45) is 3.61. The molecule has 29 heavy (non-hydrogen) atoms. The smallest absolute Gasteiger partial charge is 0.261 e. The number of carbonyl (C=O) groups is 2. The molecule has 7 heteroatoms. The molecule has 1 aromatic carbocycles. The molecule has 1 aliphatic rings. The summed E-state index contributed by atoms with van der Waals surface area (Å²) in [7, 11) is 1.66. The number of piperidine rings is 1. The maximum absolute atomic E-state index is 12.3. The van der Waals surface area contributed by atoms with E-state index in [1.807, 2.05) is 25.1 Å². The molecule has 0 radical (unpaired) electrons. The summed E-state index contributed by atoms with van der Waals surface area (Å²) in [6, 6.07) is 11.8. The summed E-state index contributed by atoms with van der Waals surface area (Å²) in [4.78, 5) is 28.6. The molecule has 0 spiro atoms. The number of hydrogen-bond acceptors (Lipinski definition) is 5. The van der Waals surface area contributed by atoms with Crippen LogP contribution in [0.5, 0.6) is 5.75 Å². The number of aryl methyl sites for hydroxylation is 1. The predicted molar refractivity (Wildman–Crippen MR) is 116 cm³/mol. The number of thiophene rings is 1. The molecule has 0 bridgehead atoms. The van der Waals surface area contributed by atoms with Crippen molar-refractivity contribution in [3.05, 3.63) is 51.7 Å². The van der Waals surface area contributed by atoms with Crippen LogP contribution in [0.15, 0.2) is 36.4 Å². The quantitative estimate of drug-likeness (QED) is 0.695. The minimum absolute atomic E-state index is 0.0227. The van der Waals surface area contributed by atoms with Gasteiger partial charge in [0.15, 0.2) is 0 Å². The molecule has 3 rings (SSSR count). The lowest BCUT2D eigenvalue weighted by Crippen LogP contribution is -2.43. The normalized spacial score (nSPS) is 15.5. The van der Waals surface area contributed by atoms with Crippen molar-refractivity contribution < 1.29 is 14.3 Å². The van der Waals surface area contributed by atoms with Crippen LogP contribution in [-0.4, -0.2) is 50.0 Å². The SMILES string of the molecule is COc1ccc(C(CNC(=O)CNC(=O)c2ccc(C)s2)N2CCCCC2)cc1. The van der Waals surface area contributed by atoms with Crippen molar-refractivity contribution in [1.82, 2.24) is 15.5 Å². The summed E-state index contributed by atoms with van der Waals surface area (Å²) in [5.41, 5.74) is 1.16. The van der Waals surface area contributed by atoms with Crippen LogP contribution in [-0.2, 0) is 4.79 Å². The lowest BCUT2D eigenvalue weighted by molar-refractivity contribution is -0.120. The van der Waals surface area contributed by atoms with Gasteiger partial charge < -0.3 is 15.4 Å². The molecule has 2 N–H and O–H groups in total. The highest BCUT2D eigenvalue weighted by molar-refractivity contribution is 7.13. The lowest BCUT2D eigenvalue weighted by atomic mass is 10.0. The van der Waals surface area contributed by atoms with Gasteiger partial charge in [0, 0.05) is 11.4 Å². The molecule has 156 valence electrons. The molecule has 2 aromatic rings. The van der Waals surface area contributed by atoms with E-state index in [1.54, 1.807) is 13.2 Å². The third-order valence-electron chi connectivity index (χ3n) is 5.20. The predicted octanol–water partition coefficient (Wildman–Crippen LogP) is 3.14. The number of hydrogen-bond donors (Lipinski definition) is 2. The molecule has 1 unspecified atom stereocenters. The fourth-order valence-corrected chi connectivity index (χ4v) is 4.38. The molecule has 1 atom stereocenters. The van der Waals surface area contributed by atoms with Crippen LogP contribution in [0.3, 0.4) is 0 Å². The summed E-state index contributed by atoms with van der Waals surface area (Å²) >= 11 is 1.42. The largest absolute Gasteiger partial charge is 0.497 e. The molecule has 2 amide bonds. The van der Waals surface area contributed by atoms with Crippen molar-refractivity contribution in [2.24, 2.45) is 0 Å². The van der Waals surface area contributed by atoms with E-state index in [1.165, 1.54) is 30.6 Å². The molecule has 0 aliphatic carbocycles. The van der Waals surface area contributed by atoms with Crippen LogP contribution in [0.2, 0.25) is 0 Å². The Hall–Kier alpha value is -2.38. The van der Waals surface area contributed by atoms with Gasteiger partial charge in [-0.2, -0.15) is 0 Å². The van der Waals surface area contributed by atoms with E-state index in [9.17, 15) is 9.59 Å². The number of nitrogens with one attached hydrogen (secondary N) is 2. The van der Waals surface area contributed by atoms with E-state index in [-0.39, 0.29) is 24.4 Å².